The monoisotopic (exact) mass is 397 g/mol. The summed E-state index contributed by atoms with van der Waals surface area (Å²) < 4.78 is 11.8. The highest BCUT2D eigenvalue weighted by Crippen LogP contribution is 2.45. The van der Waals surface area contributed by atoms with Crippen LogP contribution in [0, 0.1) is 0 Å². The van der Waals surface area contributed by atoms with E-state index in [0.717, 1.165) is 49.8 Å². The highest BCUT2D eigenvalue weighted by atomic mass is 35.5. The largest absolute Gasteiger partial charge is 0.393 e. The molecule has 2 aliphatic carbocycles. The SMILES string of the molecule is C=C/C(Cl)=C(\C(Cl)=C/C)c1noc(C2CC2)c1COC1CCC(O)CC1. The van der Waals surface area contributed by atoms with Crippen LogP contribution in [0.5, 0.6) is 0 Å². The molecule has 3 rings (SSSR count). The minimum absolute atomic E-state index is 0.146. The number of nitrogens with zero attached hydrogens (tertiary/aromatic N) is 1. The van der Waals surface area contributed by atoms with Crippen LogP contribution in [0.25, 0.3) is 5.57 Å². The van der Waals surface area contributed by atoms with E-state index in [2.05, 4.69) is 11.7 Å². The molecule has 142 valence electrons. The molecule has 0 aromatic carbocycles. The zero-order valence-corrected chi connectivity index (χ0v) is 16.5. The van der Waals surface area contributed by atoms with Gasteiger partial charge in [0, 0.05) is 22.1 Å². The standard InChI is InChI=1S/C20H25Cl2NO3/c1-3-16(21)18(17(22)4-2)19-15(20(26-23-19)12-5-6-12)11-25-14-9-7-13(24)8-10-14/h3-4,12-14,24H,1,5-11H2,2H3/b17-4+,18-16-. The van der Waals surface area contributed by atoms with Gasteiger partial charge in [0.15, 0.2) is 0 Å². The summed E-state index contributed by atoms with van der Waals surface area (Å²) in [5, 5.41) is 14.9. The predicted molar refractivity (Wildman–Crippen MR) is 104 cm³/mol. The second-order valence-corrected chi connectivity index (χ2v) is 7.77. The second kappa shape index (κ2) is 8.75. The molecule has 1 aromatic heterocycles. The number of ether oxygens (including phenoxy) is 1. The molecule has 2 fully saturated rings. The van der Waals surface area contributed by atoms with Crippen molar-refractivity contribution in [2.45, 2.75) is 70.2 Å². The van der Waals surface area contributed by atoms with E-state index >= 15 is 0 Å². The molecule has 26 heavy (non-hydrogen) atoms. The first-order chi connectivity index (χ1) is 12.5. The number of halogens is 2. The van der Waals surface area contributed by atoms with Crippen LogP contribution in [0.4, 0.5) is 0 Å². The van der Waals surface area contributed by atoms with E-state index in [-0.39, 0.29) is 12.2 Å². The molecule has 0 bridgehead atoms. The first kappa shape index (κ1) is 19.7. The van der Waals surface area contributed by atoms with Gasteiger partial charge in [0.05, 0.1) is 23.8 Å². The van der Waals surface area contributed by atoms with Crippen molar-refractivity contribution in [3.05, 3.63) is 45.8 Å². The Balaban J connectivity index is 1.88. The van der Waals surface area contributed by atoms with Crippen LogP contribution in [-0.4, -0.2) is 22.5 Å². The van der Waals surface area contributed by atoms with E-state index in [9.17, 15) is 5.11 Å². The Labute approximate surface area is 164 Å². The third kappa shape index (κ3) is 4.42. The maximum Gasteiger partial charge on any atom is 0.145 e. The fraction of sp³-hybridized carbons (Fsp3) is 0.550. The van der Waals surface area contributed by atoms with Crippen molar-refractivity contribution in [2.75, 3.05) is 0 Å². The molecule has 0 spiro atoms. The van der Waals surface area contributed by atoms with Gasteiger partial charge in [-0.25, -0.2) is 0 Å². The smallest absolute Gasteiger partial charge is 0.145 e. The average molecular weight is 398 g/mol. The van der Waals surface area contributed by atoms with E-state index in [1.54, 1.807) is 12.2 Å². The Hall–Kier alpha value is -1.07. The number of allylic oxidation sites excluding steroid dienone is 5. The summed E-state index contributed by atoms with van der Waals surface area (Å²) in [7, 11) is 0. The first-order valence-corrected chi connectivity index (χ1v) is 9.93. The molecule has 1 aromatic rings. The molecule has 4 nitrogen and oxygen atoms in total. The highest BCUT2D eigenvalue weighted by molar-refractivity contribution is 6.42. The molecule has 0 radical (unpaired) electrons. The first-order valence-electron chi connectivity index (χ1n) is 9.18. The zero-order valence-electron chi connectivity index (χ0n) is 15.0. The molecule has 0 saturated heterocycles. The normalized spacial score (nSPS) is 25.2. The fourth-order valence-electron chi connectivity index (χ4n) is 3.32. The van der Waals surface area contributed by atoms with Crippen LogP contribution in [-0.2, 0) is 11.3 Å². The van der Waals surface area contributed by atoms with Gasteiger partial charge >= 0.3 is 0 Å². The molecule has 6 heteroatoms. The average Bonchev–Trinajstić information content (AvgIpc) is 3.42. The summed E-state index contributed by atoms with van der Waals surface area (Å²) in [4.78, 5) is 0. The van der Waals surface area contributed by atoms with Crippen LogP contribution in [0.3, 0.4) is 0 Å². The summed E-state index contributed by atoms with van der Waals surface area (Å²) in [5.74, 6) is 1.28. The van der Waals surface area contributed by atoms with Gasteiger partial charge in [-0.3, -0.25) is 0 Å². The molecule has 1 N–H and O–H groups in total. The molecule has 0 atom stereocenters. The Morgan fingerprint density at radius 1 is 1.27 bits per heavy atom. The van der Waals surface area contributed by atoms with E-state index in [0.29, 0.717) is 33.9 Å². The van der Waals surface area contributed by atoms with Gasteiger partial charge in [-0.05, 0) is 51.5 Å². The number of aliphatic hydroxyl groups is 1. The summed E-state index contributed by atoms with van der Waals surface area (Å²) >= 11 is 12.8. The maximum atomic E-state index is 9.67. The number of aliphatic hydroxyl groups excluding tert-OH is 1. The lowest BCUT2D eigenvalue weighted by molar-refractivity contribution is -0.0123. The van der Waals surface area contributed by atoms with Crippen molar-refractivity contribution in [1.82, 2.24) is 5.16 Å². The zero-order chi connectivity index (χ0) is 18.7. The topological polar surface area (TPSA) is 55.5 Å². The number of hydrogen-bond donors (Lipinski definition) is 1. The second-order valence-electron chi connectivity index (χ2n) is 6.95. The van der Waals surface area contributed by atoms with Crippen molar-refractivity contribution in [3.63, 3.8) is 0 Å². The van der Waals surface area contributed by atoms with Gasteiger partial charge in [0.1, 0.15) is 11.5 Å². The lowest BCUT2D eigenvalue weighted by Gasteiger charge is -2.25. The van der Waals surface area contributed by atoms with Gasteiger partial charge in [-0.1, -0.05) is 41.0 Å². The van der Waals surface area contributed by atoms with Crippen molar-refractivity contribution in [3.8, 4) is 0 Å². The minimum atomic E-state index is -0.197. The van der Waals surface area contributed by atoms with Crippen LogP contribution in [0.15, 0.2) is 33.3 Å². The number of hydrogen-bond acceptors (Lipinski definition) is 4. The number of aromatic nitrogens is 1. The van der Waals surface area contributed by atoms with Crippen molar-refractivity contribution < 1.29 is 14.4 Å². The van der Waals surface area contributed by atoms with E-state index in [1.165, 1.54) is 0 Å². The Kier molecular flexibility index (Phi) is 6.62. The van der Waals surface area contributed by atoms with Crippen LogP contribution in [0.2, 0.25) is 0 Å². The van der Waals surface area contributed by atoms with Crippen molar-refractivity contribution in [2.24, 2.45) is 0 Å². The van der Waals surface area contributed by atoms with E-state index in [4.69, 9.17) is 32.5 Å². The fourth-order valence-corrected chi connectivity index (χ4v) is 3.75. The lowest BCUT2D eigenvalue weighted by Crippen LogP contribution is -2.24. The quantitative estimate of drug-likeness (QED) is 0.603. The number of rotatable bonds is 7. The summed E-state index contributed by atoms with van der Waals surface area (Å²) in [6.07, 6.45) is 8.79. The molecule has 0 amide bonds. The summed E-state index contributed by atoms with van der Waals surface area (Å²) in [5.41, 5.74) is 2.18. The Bertz CT molecular complexity index is 711. The molecule has 0 aliphatic heterocycles. The molecule has 0 unspecified atom stereocenters. The molecule has 2 saturated carbocycles. The van der Waals surface area contributed by atoms with Crippen LogP contribution in [0.1, 0.15) is 68.4 Å². The van der Waals surface area contributed by atoms with Crippen molar-refractivity contribution in [1.29, 1.82) is 0 Å². The third-order valence-electron chi connectivity index (χ3n) is 5.02. The molecular formula is C20H25Cl2NO3. The minimum Gasteiger partial charge on any atom is -0.393 e. The van der Waals surface area contributed by atoms with E-state index in [1.807, 2.05) is 6.92 Å². The van der Waals surface area contributed by atoms with Gasteiger partial charge in [0.2, 0.25) is 0 Å². The summed E-state index contributed by atoms with van der Waals surface area (Å²) in [6, 6.07) is 0. The van der Waals surface area contributed by atoms with Crippen LogP contribution >= 0.6 is 23.2 Å². The van der Waals surface area contributed by atoms with Gasteiger partial charge < -0.3 is 14.4 Å². The van der Waals surface area contributed by atoms with Gasteiger partial charge in [0.25, 0.3) is 0 Å². The Morgan fingerprint density at radius 2 is 1.96 bits per heavy atom. The maximum absolute atomic E-state index is 9.67. The molecule has 1 heterocycles. The summed E-state index contributed by atoms with van der Waals surface area (Å²) in [6.45, 7) is 6.00. The predicted octanol–water partition coefficient (Wildman–Crippen LogP) is 5.65. The Morgan fingerprint density at radius 3 is 2.54 bits per heavy atom. The molecule has 2 aliphatic rings. The van der Waals surface area contributed by atoms with Crippen LogP contribution < -0.4 is 0 Å². The van der Waals surface area contributed by atoms with Gasteiger partial charge in [-0.2, -0.15) is 0 Å². The highest BCUT2D eigenvalue weighted by Gasteiger charge is 2.34. The van der Waals surface area contributed by atoms with E-state index < -0.39 is 0 Å². The third-order valence-corrected chi connectivity index (χ3v) is 5.77. The van der Waals surface area contributed by atoms with Gasteiger partial charge in [-0.15, -0.1) is 0 Å². The van der Waals surface area contributed by atoms with Crippen molar-refractivity contribution >= 4 is 28.8 Å². The molecular weight excluding hydrogens is 373 g/mol. The lowest BCUT2D eigenvalue weighted by atomic mass is 9.95.